The largest absolute Gasteiger partial charge is 0.327 e. The van der Waals surface area contributed by atoms with Gasteiger partial charge in [-0.05, 0) is 65.6 Å². The molecule has 5 heteroatoms. The average molecular weight is 409 g/mol. The molecule has 0 bridgehead atoms. The van der Waals surface area contributed by atoms with E-state index in [0.29, 0.717) is 11.4 Å². The van der Waals surface area contributed by atoms with E-state index >= 15 is 0 Å². The fourth-order valence-corrected chi connectivity index (χ4v) is 4.09. The number of carbonyl (C=O) groups is 1. The van der Waals surface area contributed by atoms with Crippen molar-refractivity contribution in [1.82, 2.24) is 10.3 Å². The summed E-state index contributed by atoms with van der Waals surface area (Å²) in [6.45, 7) is 1.88. The van der Waals surface area contributed by atoms with E-state index < -0.39 is 0 Å². The van der Waals surface area contributed by atoms with Crippen molar-refractivity contribution in [2.45, 2.75) is 13.0 Å². The number of pyridine rings is 1. The highest BCUT2D eigenvalue weighted by Crippen LogP contribution is 2.43. The number of fused-ring (bicyclic) bond motifs is 3. The molecule has 0 radical (unpaired) electrons. The molecule has 0 saturated heterocycles. The molecule has 152 valence electrons. The van der Waals surface area contributed by atoms with Crippen LogP contribution < -0.4 is 10.6 Å². The minimum atomic E-state index is -0.328. The van der Waals surface area contributed by atoms with Gasteiger partial charge in [-0.3, -0.25) is 4.98 Å². The quantitative estimate of drug-likeness (QED) is 0.430. The van der Waals surface area contributed by atoms with E-state index in [0.717, 1.165) is 33.5 Å². The van der Waals surface area contributed by atoms with Gasteiger partial charge >= 0.3 is 6.03 Å². The molecule has 1 heterocycles. The molecule has 3 aromatic carbocycles. The van der Waals surface area contributed by atoms with E-state index in [1.54, 1.807) is 12.1 Å². The topological polar surface area (TPSA) is 54.0 Å². The van der Waals surface area contributed by atoms with Gasteiger partial charge in [-0.25, -0.2) is 9.18 Å². The van der Waals surface area contributed by atoms with Crippen LogP contribution in [0.15, 0.2) is 84.9 Å². The lowest BCUT2D eigenvalue weighted by Crippen LogP contribution is -2.32. The van der Waals surface area contributed by atoms with Crippen molar-refractivity contribution in [1.29, 1.82) is 0 Å². The third-order valence-electron chi connectivity index (χ3n) is 5.51. The van der Waals surface area contributed by atoms with E-state index in [9.17, 15) is 9.18 Å². The number of halogens is 1. The van der Waals surface area contributed by atoms with Crippen LogP contribution in [0.5, 0.6) is 0 Å². The predicted octanol–water partition coefficient (Wildman–Crippen LogP) is 6.09. The Kier molecular flexibility index (Phi) is 4.71. The summed E-state index contributed by atoms with van der Waals surface area (Å²) in [7, 11) is 0. The monoisotopic (exact) mass is 409 g/mol. The summed E-state index contributed by atoms with van der Waals surface area (Å²) < 4.78 is 13.4. The van der Waals surface area contributed by atoms with Gasteiger partial charge in [0.1, 0.15) is 5.82 Å². The molecule has 4 nitrogen and oxygen atoms in total. The third-order valence-corrected chi connectivity index (χ3v) is 5.51. The summed E-state index contributed by atoms with van der Waals surface area (Å²) in [5.74, 6) is -0.317. The number of nitrogens with zero attached hydrogens (tertiary/aromatic N) is 1. The number of carbonyl (C=O) groups excluding carboxylic acids is 1. The molecule has 0 saturated carbocycles. The molecule has 4 aromatic rings. The standard InChI is InChI=1S/C26H20FN3O/c1-16-10-15-23(24(28-16)17-11-13-18(27)14-12-17)29-26(31)30-25-21-8-4-2-6-19(21)20-7-3-5-9-22(20)25/h2-15,25H,1H3,(H2,29,30,31). The van der Waals surface area contributed by atoms with E-state index in [-0.39, 0.29) is 17.9 Å². The summed E-state index contributed by atoms with van der Waals surface area (Å²) >= 11 is 0. The van der Waals surface area contributed by atoms with Gasteiger partial charge in [-0.15, -0.1) is 0 Å². The van der Waals surface area contributed by atoms with E-state index in [1.807, 2.05) is 55.5 Å². The fraction of sp³-hybridized carbons (Fsp3) is 0.0769. The van der Waals surface area contributed by atoms with Gasteiger partial charge in [0.15, 0.2) is 0 Å². The van der Waals surface area contributed by atoms with Crippen molar-refractivity contribution in [2.24, 2.45) is 0 Å². The lowest BCUT2D eigenvalue weighted by molar-refractivity contribution is 0.250. The molecular formula is C26H20FN3O. The Morgan fingerprint density at radius 1 is 0.839 bits per heavy atom. The van der Waals surface area contributed by atoms with Gasteiger partial charge in [0.05, 0.1) is 17.4 Å². The van der Waals surface area contributed by atoms with Crippen LogP contribution in [0.4, 0.5) is 14.9 Å². The lowest BCUT2D eigenvalue weighted by atomic mass is 10.1. The first-order valence-corrected chi connectivity index (χ1v) is 10.1. The zero-order valence-corrected chi connectivity index (χ0v) is 16.9. The molecule has 0 unspecified atom stereocenters. The SMILES string of the molecule is Cc1ccc(NC(=O)NC2c3ccccc3-c3ccccc32)c(-c2ccc(F)cc2)n1. The van der Waals surface area contributed by atoms with Crippen LogP contribution in [-0.2, 0) is 0 Å². The number of hydrogen-bond donors (Lipinski definition) is 2. The van der Waals surface area contributed by atoms with Crippen molar-refractivity contribution < 1.29 is 9.18 Å². The molecule has 1 aliphatic carbocycles. The predicted molar refractivity (Wildman–Crippen MR) is 120 cm³/mol. The van der Waals surface area contributed by atoms with Crippen LogP contribution >= 0.6 is 0 Å². The van der Waals surface area contributed by atoms with Crippen LogP contribution in [0.3, 0.4) is 0 Å². The minimum Gasteiger partial charge on any atom is -0.327 e. The smallest absolute Gasteiger partial charge is 0.320 e. The number of rotatable bonds is 3. The van der Waals surface area contributed by atoms with Gasteiger partial charge in [-0.2, -0.15) is 0 Å². The number of urea groups is 1. The Bertz CT molecular complexity index is 1240. The second-order valence-corrected chi connectivity index (χ2v) is 7.56. The Morgan fingerprint density at radius 2 is 1.45 bits per heavy atom. The number of amides is 2. The number of hydrogen-bond acceptors (Lipinski definition) is 2. The number of benzene rings is 3. The van der Waals surface area contributed by atoms with Crippen molar-refractivity contribution in [2.75, 3.05) is 5.32 Å². The Labute approximate surface area is 179 Å². The first-order chi connectivity index (χ1) is 15.1. The van der Waals surface area contributed by atoms with Gasteiger partial charge in [0, 0.05) is 11.3 Å². The minimum absolute atomic E-state index is 0.236. The molecule has 2 amide bonds. The van der Waals surface area contributed by atoms with E-state index in [4.69, 9.17) is 0 Å². The Hall–Kier alpha value is -3.99. The van der Waals surface area contributed by atoms with Crippen LogP contribution in [0.2, 0.25) is 0 Å². The highest BCUT2D eigenvalue weighted by atomic mass is 19.1. The molecule has 1 aliphatic rings. The van der Waals surface area contributed by atoms with Crippen molar-refractivity contribution in [3.63, 3.8) is 0 Å². The lowest BCUT2D eigenvalue weighted by Gasteiger charge is -2.18. The summed E-state index contributed by atoms with van der Waals surface area (Å²) in [4.78, 5) is 17.6. The first kappa shape index (κ1) is 19.0. The molecule has 5 rings (SSSR count). The van der Waals surface area contributed by atoms with Crippen LogP contribution in [0.1, 0.15) is 22.9 Å². The van der Waals surface area contributed by atoms with Crippen LogP contribution in [0, 0.1) is 12.7 Å². The zero-order chi connectivity index (χ0) is 21.4. The maximum absolute atomic E-state index is 13.4. The molecule has 0 aliphatic heterocycles. The molecule has 0 spiro atoms. The van der Waals surface area contributed by atoms with Gasteiger partial charge in [-0.1, -0.05) is 48.5 Å². The molecular weight excluding hydrogens is 389 g/mol. The fourth-order valence-electron chi connectivity index (χ4n) is 4.09. The summed E-state index contributed by atoms with van der Waals surface area (Å²) in [6, 6.07) is 25.4. The first-order valence-electron chi connectivity index (χ1n) is 10.1. The average Bonchev–Trinajstić information content (AvgIpc) is 3.09. The molecule has 0 atom stereocenters. The number of anilines is 1. The maximum Gasteiger partial charge on any atom is 0.320 e. The van der Waals surface area contributed by atoms with Gasteiger partial charge in [0.25, 0.3) is 0 Å². The van der Waals surface area contributed by atoms with Crippen molar-refractivity contribution in [3.05, 3.63) is 108 Å². The second kappa shape index (κ2) is 7.69. The molecule has 2 N–H and O–H groups in total. The normalized spacial score (nSPS) is 12.2. The third kappa shape index (κ3) is 3.55. The second-order valence-electron chi connectivity index (χ2n) is 7.56. The number of nitrogens with one attached hydrogen (secondary N) is 2. The molecule has 31 heavy (non-hydrogen) atoms. The highest BCUT2D eigenvalue weighted by molar-refractivity contribution is 5.94. The zero-order valence-electron chi connectivity index (χ0n) is 16.9. The van der Waals surface area contributed by atoms with Crippen LogP contribution in [-0.4, -0.2) is 11.0 Å². The highest BCUT2D eigenvalue weighted by Gasteiger charge is 2.29. The van der Waals surface area contributed by atoms with Crippen molar-refractivity contribution >= 4 is 11.7 Å². The maximum atomic E-state index is 13.4. The van der Waals surface area contributed by atoms with E-state index in [1.165, 1.54) is 12.1 Å². The number of aromatic nitrogens is 1. The Balaban J connectivity index is 1.44. The molecule has 1 aromatic heterocycles. The summed E-state index contributed by atoms with van der Waals surface area (Å²) in [6.07, 6.45) is 0. The van der Waals surface area contributed by atoms with Crippen LogP contribution in [0.25, 0.3) is 22.4 Å². The van der Waals surface area contributed by atoms with Crippen molar-refractivity contribution in [3.8, 4) is 22.4 Å². The van der Waals surface area contributed by atoms with E-state index in [2.05, 4.69) is 27.8 Å². The number of aryl methyl sites for hydroxylation is 1. The van der Waals surface area contributed by atoms with Gasteiger partial charge in [0.2, 0.25) is 0 Å². The Morgan fingerprint density at radius 3 is 2.10 bits per heavy atom. The molecule has 0 fully saturated rings. The summed E-state index contributed by atoms with van der Waals surface area (Å²) in [5.41, 5.74) is 7.11. The van der Waals surface area contributed by atoms with Gasteiger partial charge < -0.3 is 10.6 Å². The summed E-state index contributed by atoms with van der Waals surface area (Å²) in [5, 5.41) is 6.04.